The first-order chi connectivity index (χ1) is 15.0. The number of likely N-dealkylation sites (tertiary alicyclic amines) is 1. The second kappa shape index (κ2) is 9.62. The third-order valence-electron chi connectivity index (χ3n) is 5.61. The van der Waals surface area contributed by atoms with E-state index in [9.17, 15) is 4.79 Å². The van der Waals surface area contributed by atoms with Crippen molar-refractivity contribution in [3.63, 3.8) is 0 Å². The number of rotatable bonds is 5. The lowest BCUT2D eigenvalue weighted by molar-refractivity contribution is 0.0540. The highest BCUT2D eigenvalue weighted by molar-refractivity contribution is 6.31. The molecule has 160 valence electrons. The maximum atomic E-state index is 13.7. The highest BCUT2D eigenvalue weighted by Crippen LogP contribution is 2.30. The second-order valence-electron chi connectivity index (χ2n) is 7.69. The van der Waals surface area contributed by atoms with Gasteiger partial charge in [0.05, 0.1) is 16.6 Å². The summed E-state index contributed by atoms with van der Waals surface area (Å²) >= 11 is 12.2. The summed E-state index contributed by atoms with van der Waals surface area (Å²) in [4.78, 5) is 28.6. The van der Waals surface area contributed by atoms with E-state index in [1.165, 1.54) is 0 Å². The van der Waals surface area contributed by atoms with E-state index in [2.05, 4.69) is 27.2 Å². The summed E-state index contributed by atoms with van der Waals surface area (Å²) in [7, 11) is 0. The molecule has 1 aromatic carbocycles. The average molecular weight is 456 g/mol. The number of aromatic nitrogens is 3. The summed E-state index contributed by atoms with van der Waals surface area (Å²) in [5.41, 5.74) is 1.20. The lowest BCUT2D eigenvalue weighted by Crippen LogP contribution is -2.51. The zero-order valence-electron chi connectivity index (χ0n) is 17.1. The zero-order chi connectivity index (χ0) is 21.8. The summed E-state index contributed by atoms with van der Waals surface area (Å²) in [5.74, 6) is 1.52. The SMILES string of the molecule is C[C@@H]1CCCN(C(=O)c2cc(Cl)ccc2-c2ncccn2)[C@@H]1CNc1ccc(Cl)cn1. The van der Waals surface area contributed by atoms with E-state index in [1.54, 1.807) is 42.9 Å². The number of nitrogens with zero attached hydrogens (tertiary/aromatic N) is 4. The maximum absolute atomic E-state index is 13.7. The molecule has 3 aromatic rings. The molecule has 2 atom stereocenters. The van der Waals surface area contributed by atoms with Gasteiger partial charge in [-0.15, -0.1) is 0 Å². The Morgan fingerprint density at radius 3 is 2.65 bits per heavy atom. The Morgan fingerprint density at radius 2 is 1.90 bits per heavy atom. The van der Waals surface area contributed by atoms with Crippen molar-refractivity contribution >= 4 is 34.9 Å². The molecule has 1 aliphatic heterocycles. The van der Waals surface area contributed by atoms with E-state index in [0.717, 1.165) is 18.7 Å². The molecule has 31 heavy (non-hydrogen) atoms. The van der Waals surface area contributed by atoms with Gasteiger partial charge in [-0.3, -0.25) is 4.79 Å². The molecule has 8 heteroatoms. The van der Waals surface area contributed by atoms with Crippen LogP contribution in [0.3, 0.4) is 0 Å². The number of hydrogen-bond donors (Lipinski definition) is 1. The highest BCUT2D eigenvalue weighted by Gasteiger charge is 2.33. The molecule has 0 spiro atoms. The van der Waals surface area contributed by atoms with Crippen LogP contribution in [0.1, 0.15) is 30.1 Å². The number of benzene rings is 1. The number of carbonyl (C=O) groups excluding carboxylic acids is 1. The van der Waals surface area contributed by atoms with Crippen molar-refractivity contribution in [1.82, 2.24) is 19.9 Å². The standard InChI is InChI=1S/C23H23Cl2N5O/c1-15-4-2-11-30(20(15)14-29-21-8-6-17(25)13-28-21)23(31)19-12-16(24)5-7-18(19)22-26-9-3-10-27-22/h3,5-10,12-13,15,20H,2,4,11,14H2,1H3,(H,28,29)/t15-,20-/m1/s1. The minimum atomic E-state index is -0.0626. The molecular formula is C23H23Cl2N5O. The van der Waals surface area contributed by atoms with Crippen LogP contribution in [0, 0.1) is 5.92 Å². The average Bonchev–Trinajstić information content (AvgIpc) is 2.79. The number of piperidine rings is 1. The van der Waals surface area contributed by atoms with Crippen molar-refractivity contribution in [2.75, 3.05) is 18.4 Å². The smallest absolute Gasteiger partial charge is 0.254 e. The fourth-order valence-corrected chi connectivity index (χ4v) is 4.27. The molecular weight excluding hydrogens is 433 g/mol. The molecule has 1 amide bonds. The van der Waals surface area contributed by atoms with Crippen LogP contribution in [0.15, 0.2) is 55.0 Å². The molecule has 1 saturated heterocycles. The van der Waals surface area contributed by atoms with Crippen LogP contribution in [-0.2, 0) is 0 Å². The van der Waals surface area contributed by atoms with Gasteiger partial charge in [-0.05, 0) is 55.2 Å². The normalized spacial score (nSPS) is 18.6. The molecule has 6 nitrogen and oxygen atoms in total. The van der Waals surface area contributed by atoms with E-state index in [-0.39, 0.29) is 11.9 Å². The Kier molecular flexibility index (Phi) is 6.68. The summed E-state index contributed by atoms with van der Waals surface area (Å²) < 4.78 is 0. The van der Waals surface area contributed by atoms with Crippen molar-refractivity contribution in [1.29, 1.82) is 0 Å². The summed E-state index contributed by atoms with van der Waals surface area (Å²) in [6, 6.07) is 10.7. The molecule has 0 bridgehead atoms. The second-order valence-corrected chi connectivity index (χ2v) is 8.56. The molecule has 2 aromatic heterocycles. The monoisotopic (exact) mass is 455 g/mol. The number of pyridine rings is 1. The minimum Gasteiger partial charge on any atom is -0.368 e. The molecule has 1 aliphatic rings. The Bertz CT molecular complexity index is 1050. The van der Waals surface area contributed by atoms with Gasteiger partial charge in [0.15, 0.2) is 5.82 Å². The van der Waals surface area contributed by atoms with Crippen molar-refractivity contribution in [2.24, 2.45) is 5.92 Å². The van der Waals surface area contributed by atoms with Gasteiger partial charge in [0.2, 0.25) is 0 Å². The first-order valence-electron chi connectivity index (χ1n) is 10.3. The van der Waals surface area contributed by atoms with Gasteiger partial charge in [-0.2, -0.15) is 0 Å². The molecule has 0 saturated carbocycles. The number of nitrogens with one attached hydrogen (secondary N) is 1. The molecule has 0 radical (unpaired) electrons. The van der Waals surface area contributed by atoms with Gasteiger partial charge < -0.3 is 10.2 Å². The van der Waals surface area contributed by atoms with Crippen LogP contribution in [0.5, 0.6) is 0 Å². The summed E-state index contributed by atoms with van der Waals surface area (Å²) in [5, 5.41) is 4.45. The van der Waals surface area contributed by atoms with Crippen LogP contribution < -0.4 is 5.32 Å². The molecule has 3 heterocycles. The Morgan fingerprint density at radius 1 is 1.13 bits per heavy atom. The molecule has 4 rings (SSSR count). The molecule has 0 unspecified atom stereocenters. The van der Waals surface area contributed by atoms with E-state index in [0.29, 0.717) is 46.0 Å². The maximum Gasteiger partial charge on any atom is 0.254 e. The first-order valence-corrected chi connectivity index (χ1v) is 11.0. The zero-order valence-corrected chi connectivity index (χ0v) is 18.6. The lowest BCUT2D eigenvalue weighted by Gasteiger charge is -2.40. The number of hydrogen-bond acceptors (Lipinski definition) is 5. The van der Waals surface area contributed by atoms with E-state index in [4.69, 9.17) is 23.2 Å². The highest BCUT2D eigenvalue weighted by atomic mass is 35.5. The van der Waals surface area contributed by atoms with Crippen LogP contribution in [0.4, 0.5) is 5.82 Å². The van der Waals surface area contributed by atoms with Gasteiger partial charge >= 0.3 is 0 Å². The fraction of sp³-hybridized carbons (Fsp3) is 0.304. The van der Waals surface area contributed by atoms with Gasteiger partial charge in [0.25, 0.3) is 5.91 Å². The fourth-order valence-electron chi connectivity index (χ4n) is 3.98. The molecule has 1 N–H and O–H groups in total. The topological polar surface area (TPSA) is 71.0 Å². The predicted molar refractivity (Wildman–Crippen MR) is 123 cm³/mol. The van der Waals surface area contributed by atoms with Crippen LogP contribution in [0.25, 0.3) is 11.4 Å². The summed E-state index contributed by atoms with van der Waals surface area (Å²) in [6.07, 6.45) is 6.96. The predicted octanol–water partition coefficient (Wildman–Crippen LogP) is 5.20. The lowest BCUT2D eigenvalue weighted by atomic mass is 9.89. The van der Waals surface area contributed by atoms with Crippen LogP contribution in [-0.4, -0.2) is 44.9 Å². The Hall–Kier alpha value is -2.70. The number of amides is 1. The number of anilines is 1. The van der Waals surface area contributed by atoms with E-state index in [1.807, 2.05) is 17.0 Å². The van der Waals surface area contributed by atoms with Crippen molar-refractivity contribution < 1.29 is 4.79 Å². The van der Waals surface area contributed by atoms with E-state index < -0.39 is 0 Å². The first kappa shape index (κ1) is 21.5. The van der Waals surface area contributed by atoms with Crippen molar-refractivity contribution in [2.45, 2.75) is 25.8 Å². The van der Waals surface area contributed by atoms with Crippen molar-refractivity contribution in [3.8, 4) is 11.4 Å². The number of halogens is 2. The largest absolute Gasteiger partial charge is 0.368 e. The molecule has 1 fully saturated rings. The van der Waals surface area contributed by atoms with Crippen LogP contribution in [0.2, 0.25) is 10.0 Å². The van der Waals surface area contributed by atoms with Crippen LogP contribution >= 0.6 is 23.2 Å². The third-order valence-corrected chi connectivity index (χ3v) is 6.07. The van der Waals surface area contributed by atoms with Gasteiger partial charge in [0.1, 0.15) is 5.82 Å². The van der Waals surface area contributed by atoms with Crippen molar-refractivity contribution in [3.05, 3.63) is 70.6 Å². The Balaban J connectivity index is 1.61. The van der Waals surface area contributed by atoms with Gasteiger partial charge in [0, 0.05) is 42.3 Å². The number of carbonyl (C=O) groups is 1. The minimum absolute atomic E-state index is 0.0160. The third kappa shape index (κ3) is 4.97. The molecule has 0 aliphatic carbocycles. The Labute approximate surface area is 191 Å². The van der Waals surface area contributed by atoms with Gasteiger partial charge in [-0.25, -0.2) is 15.0 Å². The summed E-state index contributed by atoms with van der Waals surface area (Å²) in [6.45, 7) is 3.46. The quantitative estimate of drug-likeness (QED) is 0.572. The van der Waals surface area contributed by atoms with Gasteiger partial charge in [-0.1, -0.05) is 30.1 Å². The van der Waals surface area contributed by atoms with E-state index >= 15 is 0 Å².